The fraction of sp³-hybridized carbons (Fsp3) is 0.273. The molecule has 1 unspecified atom stereocenters. The van der Waals surface area contributed by atoms with Gasteiger partial charge in [-0.2, -0.15) is 0 Å². The lowest BCUT2D eigenvalue weighted by Crippen LogP contribution is -2.16. The van der Waals surface area contributed by atoms with E-state index in [1.165, 1.54) is 0 Å². The largest absolute Gasteiger partial charge is 0.467 e. The highest BCUT2D eigenvalue weighted by Crippen LogP contribution is 2.38. The molecule has 0 fully saturated rings. The molecule has 2 aromatic heterocycles. The Balaban J connectivity index is 2.40. The number of hydrogen-bond donors (Lipinski definition) is 1. The number of nitrogens with one attached hydrogen (secondary N) is 1. The van der Waals surface area contributed by atoms with Gasteiger partial charge in [-0.1, -0.05) is 11.6 Å². The predicted octanol–water partition coefficient (Wildman–Crippen LogP) is 4.37. The van der Waals surface area contributed by atoms with Crippen molar-refractivity contribution in [1.29, 1.82) is 0 Å². The number of rotatable bonds is 3. The average Bonchev–Trinajstić information content (AvgIpc) is 2.78. The van der Waals surface area contributed by atoms with Gasteiger partial charge in [-0.15, -0.1) is 11.3 Å². The Labute approximate surface area is 112 Å². The van der Waals surface area contributed by atoms with Crippen molar-refractivity contribution in [3.63, 3.8) is 0 Å². The molecule has 1 N–H and O–H groups in total. The van der Waals surface area contributed by atoms with E-state index in [-0.39, 0.29) is 6.04 Å². The zero-order chi connectivity index (χ0) is 11.7. The molecule has 2 rings (SSSR count). The van der Waals surface area contributed by atoms with E-state index >= 15 is 0 Å². The number of thiophene rings is 1. The van der Waals surface area contributed by atoms with Gasteiger partial charge in [-0.25, -0.2) is 0 Å². The normalized spacial score (nSPS) is 13.0. The second-order valence-corrected chi connectivity index (χ2v) is 6.27. The standard InChI is InChI=1S/C11H11BrClNOS/c1-6-3-4-15-10(6)9(14-2)8-5-7(13)11(12)16-8/h3-5,9,14H,1-2H3. The Morgan fingerprint density at radius 3 is 2.75 bits per heavy atom. The number of aryl methyl sites for hydroxylation is 1. The van der Waals surface area contributed by atoms with Crippen molar-refractivity contribution in [2.45, 2.75) is 13.0 Å². The predicted molar refractivity (Wildman–Crippen MR) is 71.4 cm³/mol. The first-order chi connectivity index (χ1) is 7.63. The van der Waals surface area contributed by atoms with Crippen LogP contribution < -0.4 is 5.32 Å². The van der Waals surface area contributed by atoms with Crippen LogP contribution in [0, 0.1) is 6.92 Å². The minimum atomic E-state index is 0.0591. The van der Waals surface area contributed by atoms with Crippen molar-refractivity contribution >= 4 is 38.9 Å². The van der Waals surface area contributed by atoms with Gasteiger partial charge in [0.15, 0.2) is 0 Å². The van der Waals surface area contributed by atoms with Crippen LogP contribution in [0.3, 0.4) is 0 Å². The summed E-state index contributed by atoms with van der Waals surface area (Å²) in [5.74, 6) is 0.938. The van der Waals surface area contributed by atoms with E-state index in [4.69, 9.17) is 16.0 Å². The van der Waals surface area contributed by atoms with Crippen molar-refractivity contribution < 1.29 is 4.42 Å². The van der Waals surface area contributed by atoms with Gasteiger partial charge in [-0.05, 0) is 47.6 Å². The molecule has 2 nitrogen and oxygen atoms in total. The number of furan rings is 1. The minimum absolute atomic E-state index is 0.0591. The van der Waals surface area contributed by atoms with Gasteiger partial charge in [0.2, 0.25) is 0 Å². The molecule has 86 valence electrons. The molecular formula is C11H11BrClNOS. The molecule has 16 heavy (non-hydrogen) atoms. The second-order valence-electron chi connectivity index (χ2n) is 3.46. The van der Waals surface area contributed by atoms with Gasteiger partial charge < -0.3 is 9.73 Å². The topological polar surface area (TPSA) is 25.2 Å². The molecule has 2 heterocycles. The van der Waals surface area contributed by atoms with E-state index in [0.717, 1.165) is 25.0 Å². The highest BCUT2D eigenvalue weighted by molar-refractivity contribution is 9.11. The quantitative estimate of drug-likeness (QED) is 0.908. The molecule has 0 bridgehead atoms. The van der Waals surface area contributed by atoms with Crippen LogP contribution in [0.5, 0.6) is 0 Å². The molecular weight excluding hydrogens is 310 g/mol. The molecule has 0 aliphatic rings. The highest BCUT2D eigenvalue weighted by Gasteiger charge is 2.20. The van der Waals surface area contributed by atoms with Crippen LogP contribution in [-0.4, -0.2) is 7.05 Å². The lowest BCUT2D eigenvalue weighted by Gasteiger charge is -2.12. The molecule has 0 aromatic carbocycles. The van der Waals surface area contributed by atoms with Crippen LogP contribution in [0.25, 0.3) is 0 Å². The van der Waals surface area contributed by atoms with Gasteiger partial charge in [0.25, 0.3) is 0 Å². The van der Waals surface area contributed by atoms with E-state index < -0.39 is 0 Å². The smallest absolute Gasteiger partial charge is 0.128 e. The summed E-state index contributed by atoms with van der Waals surface area (Å²) in [5, 5.41) is 3.98. The average molecular weight is 321 g/mol. The molecule has 0 saturated heterocycles. The summed E-state index contributed by atoms with van der Waals surface area (Å²) in [5.41, 5.74) is 1.14. The molecule has 0 aliphatic heterocycles. The van der Waals surface area contributed by atoms with Gasteiger partial charge in [0.1, 0.15) is 11.8 Å². The maximum absolute atomic E-state index is 6.04. The van der Waals surface area contributed by atoms with Gasteiger partial charge in [0, 0.05) is 4.88 Å². The Morgan fingerprint density at radius 2 is 2.31 bits per heavy atom. The molecule has 0 saturated carbocycles. The third-order valence-corrected chi connectivity index (χ3v) is 4.94. The van der Waals surface area contributed by atoms with Crippen LogP contribution in [0.4, 0.5) is 0 Å². The summed E-state index contributed by atoms with van der Waals surface area (Å²) < 4.78 is 6.46. The SMILES string of the molecule is CNC(c1cc(Cl)c(Br)s1)c1occc1C. The molecule has 0 spiro atoms. The molecule has 5 heteroatoms. The lowest BCUT2D eigenvalue weighted by atomic mass is 10.1. The van der Waals surface area contributed by atoms with E-state index in [9.17, 15) is 0 Å². The Bertz CT molecular complexity index is 474. The maximum Gasteiger partial charge on any atom is 0.128 e. The Hall–Kier alpha value is -0.290. The molecule has 0 aliphatic carbocycles. The highest BCUT2D eigenvalue weighted by atomic mass is 79.9. The number of hydrogen-bond acceptors (Lipinski definition) is 3. The van der Waals surface area contributed by atoms with E-state index in [2.05, 4.69) is 21.2 Å². The van der Waals surface area contributed by atoms with E-state index in [1.54, 1.807) is 17.6 Å². The van der Waals surface area contributed by atoms with Crippen LogP contribution in [0.15, 0.2) is 26.6 Å². The lowest BCUT2D eigenvalue weighted by molar-refractivity contribution is 0.463. The van der Waals surface area contributed by atoms with Gasteiger partial charge in [0.05, 0.1) is 15.1 Å². The zero-order valence-electron chi connectivity index (χ0n) is 8.88. The monoisotopic (exact) mass is 319 g/mol. The third-order valence-electron chi connectivity index (χ3n) is 2.40. The fourth-order valence-electron chi connectivity index (χ4n) is 1.59. The van der Waals surface area contributed by atoms with E-state index in [1.807, 2.05) is 26.1 Å². The fourth-order valence-corrected chi connectivity index (χ4v) is 3.44. The molecule has 1 atom stereocenters. The summed E-state index contributed by atoms with van der Waals surface area (Å²) in [6.07, 6.45) is 1.71. The van der Waals surface area contributed by atoms with Crippen LogP contribution in [0.2, 0.25) is 5.02 Å². The van der Waals surface area contributed by atoms with Gasteiger partial charge >= 0.3 is 0 Å². The first-order valence-corrected chi connectivity index (χ1v) is 6.78. The summed E-state index contributed by atoms with van der Waals surface area (Å²) >= 11 is 11.1. The van der Waals surface area contributed by atoms with Crippen molar-refractivity contribution in [2.75, 3.05) is 7.05 Å². The minimum Gasteiger partial charge on any atom is -0.467 e. The molecule has 0 radical (unpaired) electrons. The summed E-state index contributed by atoms with van der Waals surface area (Å²) in [6, 6.07) is 3.98. The summed E-state index contributed by atoms with van der Waals surface area (Å²) in [7, 11) is 1.91. The van der Waals surface area contributed by atoms with Crippen LogP contribution >= 0.6 is 38.9 Å². The van der Waals surface area contributed by atoms with Crippen molar-refractivity contribution in [3.05, 3.63) is 43.4 Å². The van der Waals surface area contributed by atoms with Crippen molar-refractivity contribution in [2.24, 2.45) is 0 Å². The van der Waals surface area contributed by atoms with E-state index in [0.29, 0.717) is 0 Å². The zero-order valence-corrected chi connectivity index (χ0v) is 12.0. The van der Waals surface area contributed by atoms with Crippen molar-refractivity contribution in [1.82, 2.24) is 5.32 Å². The summed E-state index contributed by atoms with van der Waals surface area (Å²) in [4.78, 5) is 1.14. The van der Waals surface area contributed by atoms with Gasteiger partial charge in [-0.3, -0.25) is 0 Å². The Morgan fingerprint density at radius 1 is 1.56 bits per heavy atom. The first-order valence-electron chi connectivity index (χ1n) is 4.79. The molecule has 2 aromatic rings. The first kappa shape index (κ1) is 12.2. The second kappa shape index (κ2) is 4.92. The summed E-state index contributed by atoms with van der Waals surface area (Å²) in [6.45, 7) is 2.04. The third kappa shape index (κ3) is 2.20. The van der Waals surface area contributed by atoms with Crippen molar-refractivity contribution in [3.8, 4) is 0 Å². The Kier molecular flexibility index (Phi) is 3.74. The maximum atomic E-state index is 6.04. The molecule has 0 amide bonds. The number of halogens is 2. The van der Waals surface area contributed by atoms with Crippen LogP contribution in [-0.2, 0) is 0 Å². The van der Waals surface area contributed by atoms with Crippen LogP contribution in [0.1, 0.15) is 22.2 Å².